The first-order chi connectivity index (χ1) is 8.80. The normalized spacial score (nSPS) is 17.7. The van der Waals surface area contributed by atoms with E-state index in [4.69, 9.17) is 10.2 Å². The molecule has 0 saturated carbocycles. The Morgan fingerprint density at radius 3 is 2.47 bits per heavy atom. The van der Waals surface area contributed by atoms with Crippen LogP contribution >= 0.6 is 0 Å². The van der Waals surface area contributed by atoms with E-state index in [0.29, 0.717) is 5.56 Å². The predicted molar refractivity (Wildman–Crippen MR) is 73.4 cm³/mol. The van der Waals surface area contributed by atoms with Crippen LogP contribution in [0.1, 0.15) is 19.4 Å². The van der Waals surface area contributed by atoms with Crippen LogP contribution in [-0.4, -0.2) is 25.5 Å². The number of hydroxylamine groups is 1. The zero-order valence-corrected chi connectivity index (χ0v) is 11.6. The van der Waals surface area contributed by atoms with Crippen LogP contribution in [0.3, 0.4) is 0 Å². The average Bonchev–Trinajstić information content (AvgIpc) is 2.71. The lowest BCUT2D eigenvalue weighted by molar-refractivity contribution is -0.0129. The first-order valence-corrected chi connectivity index (χ1v) is 7.48. The van der Waals surface area contributed by atoms with Crippen LogP contribution in [0, 0.1) is 5.41 Å². The van der Waals surface area contributed by atoms with Crippen LogP contribution in [0.4, 0.5) is 0 Å². The molecule has 0 unspecified atom stereocenters. The second-order valence-electron chi connectivity index (χ2n) is 4.92. The number of benzene rings is 1. The Morgan fingerprint density at radius 2 is 1.95 bits per heavy atom. The van der Waals surface area contributed by atoms with Gasteiger partial charge in [0.25, 0.3) is 0 Å². The molecule has 1 aromatic rings. The molecule has 1 heterocycles. The van der Waals surface area contributed by atoms with E-state index in [-0.39, 0.29) is 16.5 Å². The smallest absolute Gasteiger partial charge is 0.200 e. The molecular weight excluding hydrogens is 264 g/mol. The highest BCUT2D eigenvalue weighted by Crippen LogP contribution is 2.22. The largest absolute Gasteiger partial charge is 0.304 e. The summed E-state index contributed by atoms with van der Waals surface area (Å²) in [5, 5.41) is 7.90. The summed E-state index contributed by atoms with van der Waals surface area (Å²) in [5.74, 6) is -0.352. The number of hydrogen-bond acceptors (Lipinski definition) is 5. The van der Waals surface area contributed by atoms with Crippen LogP contribution < -0.4 is 5.48 Å². The van der Waals surface area contributed by atoms with Gasteiger partial charge < -0.3 is 5.41 Å². The van der Waals surface area contributed by atoms with Crippen molar-refractivity contribution in [2.45, 2.75) is 19.4 Å². The van der Waals surface area contributed by atoms with Crippen molar-refractivity contribution < 1.29 is 13.3 Å². The summed E-state index contributed by atoms with van der Waals surface area (Å²) in [7, 11) is -3.58. The third-order valence-corrected chi connectivity index (χ3v) is 4.23. The lowest BCUT2D eigenvalue weighted by Gasteiger charge is -2.11. The first-order valence-electron chi connectivity index (χ1n) is 5.83. The van der Waals surface area contributed by atoms with Crippen molar-refractivity contribution in [3.8, 4) is 0 Å². The van der Waals surface area contributed by atoms with Crippen molar-refractivity contribution in [3.63, 3.8) is 0 Å². The zero-order valence-electron chi connectivity index (χ0n) is 10.8. The van der Waals surface area contributed by atoms with Gasteiger partial charge in [0.05, 0.1) is 11.5 Å². The zero-order chi connectivity index (χ0) is 14.1. The van der Waals surface area contributed by atoms with E-state index >= 15 is 0 Å². The van der Waals surface area contributed by atoms with E-state index in [2.05, 4.69) is 5.48 Å². The van der Waals surface area contributed by atoms with Gasteiger partial charge in [0.2, 0.25) is 9.84 Å². The first kappa shape index (κ1) is 13.8. The Labute approximate surface area is 112 Å². The molecule has 0 spiro atoms. The van der Waals surface area contributed by atoms with Crippen LogP contribution in [0.25, 0.3) is 0 Å². The van der Waals surface area contributed by atoms with Crippen molar-refractivity contribution in [2.75, 3.05) is 5.75 Å². The molecule has 6 heteroatoms. The van der Waals surface area contributed by atoms with E-state index in [1.807, 2.05) is 6.07 Å². The summed E-state index contributed by atoms with van der Waals surface area (Å²) in [6.07, 6.45) is 1.51. The molecule has 19 heavy (non-hydrogen) atoms. The van der Waals surface area contributed by atoms with E-state index in [1.54, 1.807) is 38.1 Å². The van der Waals surface area contributed by atoms with E-state index in [9.17, 15) is 8.42 Å². The second kappa shape index (κ2) is 4.79. The summed E-state index contributed by atoms with van der Waals surface area (Å²) < 4.78 is 24.3. The highest BCUT2D eigenvalue weighted by molar-refractivity contribution is 7.95. The van der Waals surface area contributed by atoms with Crippen molar-refractivity contribution in [1.29, 1.82) is 5.41 Å². The summed E-state index contributed by atoms with van der Waals surface area (Å²) in [6.45, 7) is 3.51. The molecule has 0 bridgehead atoms. The molecule has 0 saturated heterocycles. The van der Waals surface area contributed by atoms with E-state index in [0.717, 1.165) is 0 Å². The maximum absolute atomic E-state index is 12.2. The minimum absolute atomic E-state index is 0.0261. The Bertz CT molecular complexity index is 619. The van der Waals surface area contributed by atoms with Crippen molar-refractivity contribution in [3.05, 3.63) is 47.0 Å². The van der Waals surface area contributed by atoms with Crippen molar-refractivity contribution in [2.24, 2.45) is 0 Å². The minimum atomic E-state index is -3.58. The Morgan fingerprint density at radius 1 is 1.32 bits per heavy atom. The van der Waals surface area contributed by atoms with Crippen LogP contribution in [0.15, 0.2) is 41.4 Å². The fourth-order valence-corrected chi connectivity index (χ4v) is 3.03. The third-order valence-electron chi connectivity index (χ3n) is 2.69. The third kappa shape index (κ3) is 3.21. The van der Waals surface area contributed by atoms with Crippen LogP contribution in [0.5, 0.6) is 0 Å². The molecule has 0 atom stereocenters. The van der Waals surface area contributed by atoms with Gasteiger partial charge in [0, 0.05) is 0 Å². The molecule has 0 amide bonds. The topological polar surface area (TPSA) is 79.2 Å². The van der Waals surface area contributed by atoms with Gasteiger partial charge in [-0.15, -0.1) is 0 Å². The highest BCUT2D eigenvalue weighted by Gasteiger charge is 2.31. The van der Waals surface area contributed by atoms with E-state index in [1.165, 1.54) is 6.08 Å². The monoisotopic (exact) mass is 280 g/mol. The molecule has 1 aliphatic rings. The fourth-order valence-electron chi connectivity index (χ4n) is 1.70. The standard InChI is InChI=1S/C13H16N2O3S/c1-13(2)8-12(15-18-13)19(16,17)9-11(14)10-6-4-3-5-7-10/h3-8,14-15H,9H2,1-2H3. The molecule has 1 aromatic carbocycles. The van der Waals surface area contributed by atoms with Crippen molar-refractivity contribution in [1.82, 2.24) is 5.48 Å². The van der Waals surface area contributed by atoms with Gasteiger partial charge in [0.15, 0.2) is 5.03 Å². The molecule has 0 radical (unpaired) electrons. The maximum Gasteiger partial charge on any atom is 0.200 e. The highest BCUT2D eigenvalue weighted by atomic mass is 32.2. The molecule has 102 valence electrons. The lowest BCUT2D eigenvalue weighted by Crippen LogP contribution is -2.24. The summed E-state index contributed by atoms with van der Waals surface area (Å²) >= 11 is 0. The molecule has 0 aliphatic carbocycles. The average molecular weight is 280 g/mol. The summed E-state index contributed by atoms with van der Waals surface area (Å²) in [6, 6.07) is 8.80. The van der Waals surface area contributed by atoms with Gasteiger partial charge in [-0.1, -0.05) is 30.3 Å². The molecule has 2 rings (SSSR count). The number of hydrogen-bond donors (Lipinski definition) is 2. The van der Waals surface area contributed by atoms with Crippen molar-refractivity contribution >= 4 is 15.5 Å². The molecule has 0 aromatic heterocycles. The van der Waals surface area contributed by atoms with Crippen LogP contribution in [-0.2, 0) is 14.7 Å². The Hall–Kier alpha value is -1.66. The minimum Gasteiger partial charge on any atom is -0.304 e. The molecule has 0 fully saturated rings. The Balaban J connectivity index is 2.17. The molecular formula is C13H16N2O3S. The molecule has 2 N–H and O–H groups in total. The van der Waals surface area contributed by atoms with E-state index < -0.39 is 15.4 Å². The predicted octanol–water partition coefficient (Wildman–Crippen LogP) is 1.62. The molecule has 5 nitrogen and oxygen atoms in total. The van der Waals surface area contributed by atoms with Crippen LogP contribution in [0.2, 0.25) is 0 Å². The van der Waals surface area contributed by atoms with Gasteiger partial charge in [0.1, 0.15) is 5.60 Å². The van der Waals surface area contributed by atoms with Gasteiger partial charge in [-0.2, -0.15) is 0 Å². The number of rotatable bonds is 4. The van der Waals surface area contributed by atoms with Gasteiger partial charge in [-0.25, -0.2) is 8.42 Å². The lowest BCUT2D eigenvalue weighted by atomic mass is 10.1. The second-order valence-corrected chi connectivity index (χ2v) is 6.88. The SMILES string of the molecule is CC1(C)C=C(S(=O)(=O)CC(=N)c2ccccc2)NO1. The summed E-state index contributed by atoms with van der Waals surface area (Å²) in [4.78, 5) is 5.13. The fraction of sp³-hybridized carbons (Fsp3) is 0.308. The maximum atomic E-state index is 12.2. The van der Waals surface area contributed by atoms with Gasteiger partial charge in [-0.05, 0) is 25.5 Å². The quantitative estimate of drug-likeness (QED) is 0.821. The van der Waals surface area contributed by atoms with Gasteiger partial charge >= 0.3 is 0 Å². The Kier molecular flexibility index (Phi) is 3.47. The molecule has 1 aliphatic heterocycles. The number of nitrogens with one attached hydrogen (secondary N) is 2. The number of sulfone groups is 1. The summed E-state index contributed by atoms with van der Waals surface area (Å²) in [5.41, 5.74) is 2.43. The van der Waals surface area contributed by atoms with Gasteiger partial charge in [-0.3, -0.25) is 10.3 Å².